The molecule has 0 N–H and O–H groups in total. The molecular formula is C13H7F4NO. The van der Waals surface area contributed by atoms with E-state index in [2.05, 4.69) is 4.98 Å². The fourth-order valence-corrected chi connectivity index (χ4v) is 1.55. The summed E-state index contributed by atoms with van der Waals surface area (Å²) in [6.45, 7) is 0. The number of nitrogens with zero attached hydrogens (tertiary/aromatic N) is 1. The second-order valence-electron chi connectivity index (χ2n) is 3.76. The van der Waals surface area contributed by atoms with Crippen LogP contribution in [0.5, 0.6) is 0 Å². The lowest BCUT2D eigenvalue weighted by Gasteiger charge is -2.08. The number of rotatable bonds is 2. The van der Waals surface area contributed by atoms with Crippen molar-refractivity contribution in [3.05, 3.63) is 53.5 Å². The van der Waals surface area contributed by atoms with Gasteiger partial charge in [-0.05, 0) is 24.3 Å². The van der Waals surface area contributed by atoms with Crippen molar-refractivity contribution in [2.75, 3.05) is 0 Å². The van der Waals surface area contributed by atoms with Crippen LogP contribution in [0.2, 0.25) is 0 Å². The fourth-order valence-electron chi connectivity index (χ4n) is 1.55. The second kappa shape index (κ2) is 4.79. The predicted molar refractivity (Wildman–Crippen MR) is 60.0 cm³/mol. The first kappa shape index (κ1) is 13.2. The first-order valence-corrected chi connectivity index (χ1v) is 5.21. The summed E-state index contributed by atoms with van der Waals surface area (Å²) in [4.78, 5) is 13.8. The van der Waals surface area contributed by atoms with E-state index < -0.39 is 17.7 Å². The van der Waals surface area contributed by atoms with E-state index in [0.717, 1.165) is 18.2 Å². The summed E-state index contributed by atoms with van der Waals surface area (Å²) in [5.74, 6) is -0.795. The van der Waals surface area contributed by atoms with Crippen LogP contribution in [0.1, 0.15) is 16.1 Å². The third-order valence-corrected chi connectivity index (χ3v) is 2.44. The fraction of sp³-hybridized carbons (Fsp3) is 0.0769. The van der Waals surface area contributed by atoms with Gasteiger partial charge in [-0.15, -0.1) is 0 Å². The predicted octanol–water partition coefficient (Wildman–Crippen LogP) is 3.72. The lowest BCUT2D eigenvalue weighted by molar-refractivity contribution is -0.141. The van der Waals surface area contributed by atoms with E-state index >= 15 is 0 Å². The molecule has 0 aliphatic carbocycles. The smallest absolute Gasteiger partial charge is 0.298 e. The van der Waals surface area contributed by atoms with Crippen LogP contribution < -0.4 is 0 Å². The summed E-state index contributed by atoms with van der Waals surface area (Å²) in [5, 5.41) is 0. The zero-order valence-electron chi connectivity index (χ0n) is 9.41. The van der Waals surface area contributed by atoms with Gasteiger partial charge in [0.25, 0.3) is 0 Å². The summed E-state index contributed by atoms with van der Waals surface area (Å²) >= 11 is 0. The van der Waals surface area contributed by atoms with E-state index in [1.807, 2.05) is 0 Å². The van der Waals surface area contributed by atoms with Crippen molar-refractivity contribution in [1.29, 1.82) is 0 Å². The number of aromatic nitrogens is 1. The van der Waals surface area contributed by atoms with E-state index in [0.29, 0.717) is 6.29 Å². The minimum absolute atomic E-state index is 0.0864. The average molecular weight is 269 g/mol. The molecule has 2 rings (SSSR count). The van der Waals surface area contributed by atoms with Crippen molar-refractivity contribution in [1.82, 2.24) is 4.98 Å². The van der Waals surface area contributed by atoms with Crippen LogP contribution in [0.3, 0.4) is 0 Å². The third-order valence-electron chi connectivity index (χ3n) is 2.44. The molecule has 0 aliphatic heterocycles. The molecule has 0 fully saturated rings. The Hall–Kier alpha value is -2.24. The minimum atomic E-state index is -4.59. The molecule has 0 bridgehead atoms. The van der Waals surface area contributed by atoms with Crippen molar-refractivity contribution in [2.24, 2.45) is 0 Å². The molecule has 1 aromatic carbocycles. The van der Waals surface area contributed by atoms with Gasteiger partial charge in [0.05, 0.1) is 5.69 Å². The zero-order valence-corrected chi connectivity index (χ0v) is 9.41. The summed E-state index contributed by atoms with van der Waals surface area (Å²) in [6.07, 6.45) is -4.14. The van der Waals surface area contributed by atoms with Gasteiger partial charge >= 0.3 is 6.18 Å². The summed E-state index contributed by atoms with van der Waals surface area (Å²) in [6, 6.07) is 6.72. The number of aldehydes is 1. The molecule has 1 heterocycles. The molecule has 0 atom stereocenters. The molecule has 6 heteroatoms. The number of hydrogen-bond donors (Lipinski definition) is 0. The Bertz CT molecular complexity index is 622. The monoisotopic (exact) mass is 269 g/mol. The Morgan fingerprint density at radius 3 is 2.42 bits per heavy atom. The maximum absolute atomic E-state index is 13.7. The minimum Gasteiger partial charge on any atom is -0.298 e. The highest BCUT2D eigenvalue weighted by Crippen LogP contribution is 2.30. The number of carbonyl (C=O) groups is 1. The normalized spacial score (nSPS) is 11.4. The molecule has 98 valence electrons. The Kier molecular flexibility index (Phi) is 3.33. The molecule has 0 amide bonds. The topological polar surface area (TPSA) is 30.0 Å². The Labute approximate surface area is 105 Å². The van der Waals surface area contributed by atoms with Crippen LogP contribution in [0, 0.1) is 5.82 Å². The van der Waals surface area contributed by atoms with Crippen LogP contribution in [-0.4, -0.2) is 11.3 Å². The third kappa shape index (κ3) is 2.78. The van der Waals surface area contributed by atoms with Crippen molar-refractivity contribution < 1.29 is 22.4 Å². The molecule has 19 heavy (non-hydrogen) atoms. The van der Waals surface area contributed by atoms with Crippen molar-refractivity contribution in [3.63, 3.8) is 0 Å². The van der Waals surface area contributed by atoms with Crippen molar-refractivity contribution >= 4 is 6.29 Å². The van der Waals surface area contributed by atoms with Gasteiger partial charge in [0.2, 0.25) is 0 Å². The van der Waals surface area contributed by atoms with Gasteiger partial charge < -0.3 is 0 Å². The first-order chi connectivity index (χ1) is 8.91. The first-order valence-electron chi connectivity index (χ1n) is 5.21. The molecule has 0 aliphatic rings. The van der Waals surface area contributed by atoms with E-state index in [9.17, 15) is 22.4 Å². The lowest BCUT2D eigenvalue weighted by atomic mass is 10.1. The quantitative estimate of drug-likeness (QED) is 0.614. The van der Waals surface area contributed by atoms with E-state index in [1.54, 1.807) is 0 Å². The zero-order chi connectivity index (χ0) is 14.0. The number of benzene rings is 1. The standard InChI is InChI=1S/C13H7F4NO/c14-10-6-8(7-19)4-5-9(10)11-2-1-3-12(18-11)13(15,16)17/h1-7H. The lowest BCUT2D eigenvalue weighted by Crippen LogP contribution is -2.08. The van der Waals surface area contributed by atoms with Gasteiger partial charge in [-0.2, -0.15) is 13.2 Å². The van der Waals surface area contributed by atoms with Gasteiger partial charge in [-0.1, -0.05) is 12.1 Å². The number of hydrogen-bond acceptors (Lipinski definition) is 2. The van der Waals surface area contributed by atoms with Crippen LogP contribution in [-0.2, 0) is 6.18 Å². The number of carbonyl (C=O) groups excluding carboxylic acids is 1. The molecule has 0 spiro atoms. The maximum Gasteiger partial charge on any atom is 0.433 e. The van der Waals surface area contributed by atoms with Crippen molar-refractivity contribution in [2.45, 2.75) is 6.18 Å². The van der Waals surface area contributed by atoms with Gasteiger partial charge in [-0.3, -0.25) is 4.79 Å². The summed E-state index contributed by atoms with van der Waals surface area (Å²) in [5.41, 5.74) is -1.21. The Morgan fingerprint density at radius 1 is 1.11 bits per heavy atom. The Morgan fingerprint density at radius 2 is 1.84 bits per heavy atom. The molecule has 0 radical (unpaired) electrons. The molecule has 2 aromatic rings. The van der Waals surface area contributed by atoms with E-state index in [-0.39, 0.29) is 16.8 Å². The highest BCUT2D eigenvalue weighted by atomic mass is 19.4. The molecule has 0 unspecified atom stereocenters. The summed E-state index contributed by atoms with van der Waals surface area (Å²) in [7, 11) is 0. The van der Waals surface area contributed by atoms with Crippen LogP contribution >= 0.6 is 0 Å². The van der Waals surface area contributed by atoms with Gasteiger partial charge in [0, 0.05) is 11.1 Å². The largest absolute Gasteiger partial charge is 0.433 e. The van der Waals surface area contributed by atoms with E-state index in [4.69, 9.17) is 0 Å². The highest BCUT2D eigenvalue weighted by molar-refractivity contribution is 5.76. The molecule has 0 saturated heterocycles. The number of pyridine rings is 1. The molecule has 1 aromatic heterocycles. The maximum atomic E-state index is 13.7. The Balaban J connectivity index is 2.50. The molecule has 2 nitrogen and oxygen atoms in total. The summed E-state index contributed by atoms with van der Waals surface area (Å²) < 4.78 is 51.2. The van der Waals surface area contributed by atoms with Gasteiger partial charge in [0.15, 0.2) is 0 Å². The van der Waals surface area contributed by atoms with Crippen molar-refractivity contribution in [3.8, 4) is 11.3 Å². The van der Waals surface area contributed by atoms with Crippen LogP contribution in [0.4, 0.5) is 17.6 Å². The number of halogens is 4. The molecular weight excluding hydrogens is 262 g/mol. The van der Waals surface area contributed by atoms with Gasteiger partial charge in [-0.25, -0.2) is 9.37 Å². The number of alkyl halides is 3. The second-order valence-corrected chi connectivity index (χ2v) is 3.76. The van der Waals surface area contributed by atoms with Crippen LogP contribution in [0.25, 0.3) is 11.3 Å². The molecule has 0 saturated carbocycles. The van der Waals surface area contributed by atoms with Gasteiger partial charge in [0.1, 0.15) is 17.8 Å². The van der Waals surface area contributed by atoms with Crippen LogP contribution in [0.15, 0.2) is 36.4 Å². The average Bonchev–Trinajstić information content (AvgIpc) is 2.37. The highest BCUT2D eigenvalue weighted by Gasteiger charge is 2.32. The van der Waals surface area contributed by atoms with E-state index in [1.165, 1.54) is 18.2 Å². The SMILES string of the molecule is O=Cc1ccc(-c2cccc(C(F)(F)F)n2)c(F)c1.